The first-order valence-electron chi connectivity index (χ1n) is 6.26. The third-order valence-corrected chi connectivity index (χ3v) is 3.18. The van der Waals surface area contributed by atoms with Gasteiger partial charge in [-0.1, -0.05) is 19.9 Å². The van der Waals surface area contributed by atoms with Gasteiger partial charge in [0.05, 0.1) is 0 Å². The lowest BCUT2D eigenvalue weighted by atomic mass is 9.96. The summed E-state index contributed by atoms with van der Waals surface area (Å²) in [6, 6.07) is 8.44. The van der Waals surface area contributed by atoms with Gasteiger partial charge in [-0.15, -0.1) is 0 Å². The Morgan fingerprint density at radius 2 is 2.00 bits per heavy atom. The average molecular weight is 235 g/mol. The molecule has 0 radical (unpaired) electrons. The minimum absolute atomic E-state index is 0.526. The summed E-state index contributed by atoms with van der Waals surface area (Å²) in [7, 11) is 4.10. The van der Waals surface area contributed by atoms with Gasteiger partial charge in [-0.25, -0.2) is 0 Å². The second-order valence-corrected chi connectivity index (χ2v) is 5.07. The molecule has 0 heterocycles. The minimum atomic E-state index is 0.526. The molecule has 3 nitrogen and oxygen atoms in total. The molecular formula is C14H25N3. The lowest BCUT2D eigenvalue weighted by Crippen LogP contribution is -2.27. The highest BCUT2D eigenvalue weighted by molar-refractivity contribution is 5.57. The predicted octanol–water partition coefficient (Wildman–Crippen LogP) is 2.40. The molecule has 1 unspecified atom stereocenters. The first-order valence-corrected chi connectivity index (χ1v) is 6.26. The van der Waals surface area contributed by atoms with Gasteiger partial charge in [-0.05, 0) is 36.6 Å². The fourth-order valence-electron chi connectivity index (χ4n) is 1.73. The summed E-state index contributed by atoms with van der Waals surface area (Å²) in [5, 5.41) is 3.47. The van der Waals surface area contributed by atoms with Crippen LogP contribution in [0.1, 0.15) is 13.8 Å². The predicted molar refractivity (Wildman–Crippen MR) is 76.6 cm³/mol. The highest BCUT2D eigenvalue weighted by atomic mass is 15.1. The van der Waals surface area contributed by atoms with Crippen molar-refractivity contribution in [3.8, 4) is 0 Å². The van der Waals surface area contributed by atoms with Gasteiger partial charge in [-0.2, -0.15) is 0 Å². The number of nitrogens with zero attached hydrogens (tertiary/aromatic N) is 1. The van der Waals surface area contributed by atoms with Crippen LogP contribution in [-0.4, -0.2) is 27.2 Å². The zero-order valence-corrected chi connectivity index (χ0v) is 11.4. The molecule has 0 aliphatic heterocycles. The summed E-state index contributed by atoms with van der Waals surface area (Å²) in [6.07, 6.45) is 0. The molecule has 0 amide bonds. The summed E-state index contributed by atoms with van der Waals surface area (Å²) in [4.78, 5) is 2.11. The second-order valence-electron chi connectivity index (χ2n) is 5.07. The Morgan fingerprint density at radius 3 is 2.53 bits per heavy atom. The molecular weight excluding hydrogens is 210 g/mol. The summed E-state index contributed by atoms with van der Waals surface area (Å²) in [6.45, 7) is 6.11. The van der Waals surface area contributed by atoms with Crippen LogP contribution >= 0.6 is 0 Å². The SMILES string of the molecule is CC(C)C(CN)CNc1cccc(N(C)C)c1. The maximum absolute atomic E-state index is 5.77. The lowest BCUT2D eigenvalue weighted by molar-refractivity contribution is 0.413. The molecule has 0 bridgehead atoms. The molecule has 0 aliphatic carbocycles. The molecule has 1 atom stereocenters. The van der Waals surface area contributed by atoms with E-state index >= 15 is 0 Å². The molecule has 3 heteroatoms. The van der Waals surface area contributed by atoms with Gasteiger partial charge in [0, 0.05) is 32.0 Å². The maximum atomic E-state index is 5.77. The number of hydrogen-bond acceptors (Lipinski definition) is 3. The second kappa shape index (κ2) is 6.50. The van der Waals surface area contributed by atoms with Crippen LogP contribution in [0.3, 0.4) is 0 Å². The molecule has 1 aromatic rings. The average Bonchev–Trinajstić information content (AvgIpc) is 2.29. The number of rotatable bonds is 6. The van der Waals surface area contributed by atoms with Crippen LogP contribution in [0.4, 0.5) is 11.4 Å². The first kappa shape index (κ1) is 13.8. The van der Waals surface area contributed by atoms with Gasteiger partial charge in [0.25, 0.3) is 0 Å². The Bertz CT molecular complexity index is 334. The van der Waals surface area contributed by atoms with E-state index in [1.54, 1.807) is 0 Å². The zero-order chi connectivity index (χ0) is 12.8. The molecule has 1 rings (SSSR count). The molecule has 0 aliphatic rings. The van der Waals surface area contributed by atoms with Crippen LogP contribution in [0.5, 0.6) is 0 Å². The number of nitrogens with two attached hydrogens (primary N) is 1. The zero-order valence-electron chi connectivity index (χ0n) is 11.4. The van der Waals surface area contributed by atoms with Crippen LogP contribution in [0, 0.1) is 11.8 Å². The Labute approximate surface area is 105 Å². The maximum Gasteiger partial charge on any atom is 0.0381 e. The van der Waals surface area contributed by atoms with Crippen molar-refractivity contribution in [3.63, 3.8) is 0 Å². The van der Waals surface area contributed by atoms with Gasteiger partial charge in [0.15, 0.2) is 0 Å². The highest BCUT2D eigenvalue weighted by Gasteiger charge is 2.10. The van der Waals surface area contributed by atoms with Crippen molar-refractivity contribution >= 4 is 11.4 Å². The normalized spacial score (nSPS) is 12.6. The van der Waals surface area contributed by atoms with E-state index in [0.29, 0.717) is 11.8 Å². The Hall–Kier alpha value is -1.22. The van der Waals surface area contributed by atoms with Gasteiger partial charge >= 0.3 is 0 Å². The van der Waals surface area contributed by atoms with E-state index in [1.165, 1.54) is 5.69 Å². The van der Waals surface area contributed by atoms with Crippen LogP contribution in [-0.2, 0) is 0 Å². The topological polar surface area (TPSA) is 41.3 Å². The van der Waals surface area contributed by atoms with Gasteiger partial charge in [0.2, 0.25) is 0 Å². The van der Waals surface area contributed by atoms with Crippen molar-refractivity contribution < 1.29 is 0 Å². The van der Waals surface area contributed by atoms with Crippen molar-refractivity contribution in [2.75, 3.05) is 37.4 Å². The van der Waals surface area contributed by atoms with Crippen molar-refractivity contribution in [2.24, 2.45) is 17.6 Å². The third kappa shape index (κ3) is 4.27. The van der Waals surface area contributed by atoms with E-state index < -0.39 is 0 Å². The number of benzene rings is 1. The number of nitrogens with one attached hydrogen (secondary N) is 1. The summed E-state index contributed by atoms with van der Waals surface area (Å²) in [5.74, 6) is 1.14. The van der Waals surface area contributed by atoms with Crippen molar-refractivity contribution in [2.45, 2.75) is 13.8 Å². The molecule has 17 heavy (non-hydrogen) atoms. The molecule has 0 saturated carbocycles. The molecule has 0 fully saturated rings. The van der Waals surface area contributed by atoms with E-state index in [-0.39, 0.29) is 0 Å². The standard InChI is InChI=1S/C14H25N3/c1-11(2)12(9-15)10-16-13-6-5-7-14(8-13)17(3)4/h5-8,11-12,16H,9-10,15H2,1-4H3. The van der Waals surface area contributed by atoms with Crippen molar-refractivity contribution in [3.05, 3.63) is 24.3 Å². The molecule has 3 N–H and O–H groups in total. The van der Waals surface area contributed by atoms with Crippen molar-refractivity contribution in [1.82, 2.24) is 0 Å². The van der Waals surface area contributed by atoms with E-state index in [2.05, 4.69) is 62.4 Å². The van der Waals surface area contributed by atoms with Crippen LogP contribution in [0.25, 0.3) is 0 Å². The highest BCUT2D eigenvalue weighted by Crippen LogP contribution is 2.18. The fourth-order valence-corrected chi connectivity index (χ4v) is 1.73. The number of anilines is 2. The van der Waals surface area contributed by atoms with Gasteiger partial charge < -0.3 is 16.0 Å². The molecule has 1 aromatic carbocycles. The minimum Gasteiger partial charge on any atom is -0.385 e. The fraction of sp³-hybridized carbons (Fsp3) is 0.571. The molecule has 0 spiro atoms. The Morgan fingerprint density at radius 1 is 1.29 bits per heavy atom. The number of hydrogen-bond donors (Lipinski definition) is 2. The quantitative estimate of drug-likeness (QED) is 0.795. The molecule has 0 saturated heterocycles. The first-order chi connectivity index (χ1) is 8.04. The summed E-state index contributed by atoms with van der Waals surface area (Å²) >= 11 is 0. The molecule has 96 valence electrons. The van der Waals surface area contributed by atoms with Crippen LogP contribution in [0.15, 0.2) is 24.3 Å². The Kier molecular flexibility index (Phi) is 5.29. The lowest BCUT2D eigenvalue weighted by Gasteiger charge is -2.20. The van der Waals surface area contributed by atoms with E-state index in [4.69, 9.17) is 5.73 Å². The third-order valence-electron chi connectivity index (χ3n) is 3.18. The van der Waals surface area contributed by atoms with Gasteiger partial charge in [0.1, 0.15) is 0 Å². The van der Waals surface area contributed by atoms with Crippen LogP contribution < -0.4 is 16.0 Å². The largest absolute Gasteiger partial charge is 0.385 e. The summed E-state index contributed by atoms with van der Waals surface area (Å²) in [5.41, 5.74) is 8.14. The summed E-state index contributed by atoms with van der Waals surface area (Å²) < 4.78 is 0. The smallest absolute Gasteiger partial charge is 0.0381 e. The Balaban J connectivity index is 2.59. The monoisotopic (exact) mass is 235 g/mol. The van der Waals surface area contributed by atoms with Crippen molar-refractivity contribution in [1.29, 1.82) is 0 Å². The van der Waals surface area contributed by atoms with Gasteiger partial charge in [-0.3, -0.25) is 0 Å². The van der Waals surface area contributed by atoms with E-state index in [1.807, 2.05) is 0 Å². The van der Waals surface area contributed by atoms with E-state index in [9.17, 15) is 0 Å². The van der Waals surface area contributed by atoms with Crippen LogP contribution in [0.2, 0.25) is 0 Å². The van der Waals surface area contributed by atoms with E-state index in [0.717, 1.165) is 18.8 Å². The molecule has 0 aromatic heterocycles.